The fraction of sp³-hybridized carbons (Fsp3) is 0.812. The highest BCUT2D eigenvalue weighted by Gasteiger charge is 2.46. The first-order chi connectivity index (χ1) is 17.6. The summed E-state index contributed by atoms with van der Waals surface area (Å²) >= 11 is 0. The summed E-state index contributed by atoms with van der Waals surface area (Å²) in [5.41, 5.74) is 3.18. The van der Waals surface area contributed by atoms with Gasteiger partial charge >= 0.3 is 0 Å². The minimum Gasteiger partial charge on any atom is -0.378 e. The van der Waals surface area contributed by atoms with Crippen molar-refractivity contribution >= 4 is 0 Å². The van der Waals surface area contributed by atoms with Crippen molar-refractivity contribution in [3.8, 4) is 0 Å². The summed E-state index contributed by atoms with van der Waals surface area (Å²) in [5.74, 6) is 0. The predicted molar refractivity (Wildman–Crippen MR) is 154 cm³/mol. The maximum atomic E-state index is 10.5. The molecule has 0 saturated carbocycles. The van der Waals surface area contributed by atoms with Gasteiger partial charge in [0.2, 0.25) is 0 Å². The number of ether oxygens (including phenoxy) is 2. The largest absolute Gasteiger partial charge is 0.378 e. The number of nitrogens with zero attached hydrogens (tertiary/aromatic N) is 2. The predicted octanol–water partition coefficient (Wildman–Crippen LogP) is 6.97. The number of benzene rings is 1. The van der Waals surface area contributed by atoms with Crippen molar-refractivity contribution in [2.45, 2.75) is 154 Å². The van der Waals surface area contributed by atoms with E-state index in [0.29, 0.717) is 0 Å². The average molecular weight is 533 g/mol. The maximum Gasteiger partial charge on any atom is 0.0611 e. The highest BCUT2D eigenvalue weighted by Crippen LogP contribution is 2.39. The van der Waals surface area contributed by atoms with E-state index >= 15 is 0 Å². The molecule has 2 N–H and O–H groups in total. The summed E-state index contributed by atoms with van der Waals surface area (Å²) in [6.07, 6.45) is 8.90. The quantitative estimate of drug-likeness (QED) is 0.300. The van der Waals surface area contributed by atoms with Crippen molar-refractivity contribution in [1.82, 2.24) is 10.1 Å². The molecule has 0 atom stereocenters. The molecule has 1 aromatic rings. The van der Waals surface area contributed by atoms with Gasteiger partial charge in [0.15, 0.2) is 0 Å². The SMILES string of the molecule is CCc1cc(CCCOC2CC(C)(C)N(O)C(C)(C)C2)ccc1CCCOC1CC(C)(C)N(O)C(C)(C)C1. The maximum absolute atomic E-state index is 10.5. The van der Waals surface area contributed by atoms with Gasteiger partial charge in [-0.1, -0.05) is 25.1 Å². The van der Waals surface area contributed by atoms with Crippen LogP contribution in [0.15, 0.2) is 18.2 Å². The van der Waals surface area contributed by atoms with E-state index in [0.717, 1.165) is 71.0 Å². The summed E-state index contributed by atoms with van der Waals surface area (Å²) in [7, 11) is 0. The summed E-state index contributed by atoms with van der Waals surface area (Å²) < 4.78 is 12.6. The molecule has 2 saturated heterocycles. The van der Waals surface area contributed by atoms with Crippen LogP contribution in [0.1, 0.15) is 118 Å². The third-order valence-electron chi connectivity index (χ3n) is 8.76. The highest BCUT2D eigenvalue weighted by atomic mass is 16.5. The third-order valence-corrected chi connectivity index (χ3v) is 8.76. The van der Waals surface area contributed by atoms with Crippen LogP contribution in [-0.4, -0.2) is 68.1 Å². The van der Waals surface area contributed by atoms with Crippen LogP contribution in [-0.2, 0) is 28.7 Å². The van der Waals surface area contributed by atoms with E-state index in [2.05, 4.69) is 80.5 Å². The molecule has 0 aromatic heterocycles. The Bertz CT molecular complexity index is 875. The van der Waals surface area contributed by atoms with Crippen molar-refractivity contribution in [3.63, 3.8) is 0 Å². The summed E-state index contributed by atoms with van der Waals surface area (Å²) in [5, 5.41) is 24.1. The van der Waals surface area contributed by atoms with Crippen LogP contribution in [0, 0.1) is 0 Å². The lowest BCUT2D eigenvalue weighted by Crippen LogP contribution is -2.60. The lowest BCUT2D eigenvalue weighted by Gasteiger charge is -2.51. The van der Waals surface area contributed by atoms with Gasteiger partial charge < -0.3 is 19.9 Å². The van der Waals surface area contributed by atoms with Gasteiger partial charge in [-0.2, -0.15) is 10.1 Å². The van der Waals surface area contributed by atoms with Crippen LogP contribution in [0.2, 0.25) is 0 Å². The molecule has 38 heavy (non-hydrogen) atoms. The molecule has 0 spiro atoms. The van der Waals surface area contributed by atoms with Crippen molar-refractivity contribution in [2.75, 3.05) is 13.2 Å². The van der Waals surface area contributed by atoms with Gasteiger partial charge in [-0.05, 0) is 130 Å². The second kappa shape index (κ2) is 12.2. The van der Waals surface area contributed by atoms with Crippen LogP contribution in [0.4, 0.5) is 0 Å². The first-order valence-electron chi connectivity index (χ1n) is 14.9. The molecule has 1 aromatic carbocycles. The minimum atomic E-state index is -0.271. The molecule has 218 valence electrons. The monoisotopic (exact) mass is 532 g/mol. The number of piperidine rings is 2. The van der Waals surface area contributed by atoms with Crippen LogP contribution in [0.25, 0.3) is 0 Å². The Morgan fingerprint density at radius 1 is 0.684 bits per heavy atom. The molecule has 2 fully saturated rings. The Morgan fingerprint density at radius 3 is 1.53 bits per heavy atom. The van der Waals surface area contributed by atoms with E-state index in [1.165, 1.54) is 26.8 Å². The number of hydrogen-bond acceptors (Lipinski definition) is 6. The number of aryl methyl sites for hydroxylation is 3. The topological polar surface area (TPSA) is 65.4 Å². The zero-order valence-corrected chi connectivity index (χ0v) is 25.8. The molecule has 2 aliphatic heterocycles. The van der Waals surface area contributed by atoms with Gasteiger partial charge in [-0.15, -0.1) is 0 Å². The molecular weight excluding hydrogens is 476 g/mol. The minimum absolute atomic E-state index is 0.187. The third kappa shape index (κ3) is 7.80. The fourth-order valence-electron chi connectivity index (χ4n) is 7.04. The van der Waals surface area contributed by atoms with E-state index < -0.39 is 0 Å². The second-order valence-corrected chi connectivity index (χ2v) is 14.3. The van der Waals surface area contributed by atoms with Crippen LogP contribution in [0.3, 0.4) is 0 Å². The number of rotatable bonds is 11. The van der Waals surface area contributed by atoms with Gasteiger partial charge in [-0.3, -0.25) is 0 Å². The molecule has 3 rings (SSSR count). The van der Waals surface area contributed by atoms with Crippen LogP contribution >= 0.6 is 0 Å². The number of hydrogen-bond donors (Lipinski definition) is 2. The molecule has 6 heteroatoms. The Hall–Kier alpha value is -1.02. The molecule has 0 unspecified atom stereocenters. The van der Waals surface area contributed by atoms with Gasteiger partial charge in [0.25, 0.3) is 0 Å². The Kier molecular flexibility index (Phi) is 10.1. The Morgan fingerprint density at radius 2 is 1.11 bits per heavy atom. The zero-order valence-electron chi connectivity index (χ0n) is 25.8. The van der Waals surface area contributed by atoms with E-state index in [-0.39, 0.29) is 34.4 Å². The molecule has 0 amide bonds. The van der Waals surface area contributed by atoms with Crippen molar-refractivity contribution in [1.29, 1.82) is 0 Å². The molecule has 0 bridgehead atoms. The normalized spacial score (nSPS) is 24.1. The number of hydroxylamine groups is 4. The Labute approximate surface area is 232 Å². The second-order valence-electron chi connectivity index (χ2n) is 14.3. The standard InChI is InChI=1S/C32H56N2O4/c1-10-25-19-24(13-11-17-37-27-20-29(2,3)33(35)30(4,5)21-27)15-16-26(25)14-12-18-38-28-22-31(6,7)34(36)32(8,9)23-28/h15-16,19,27-28,35-36H,10-14,17-18,20-23H2,1-9H3. The van der Waals surface area contributed by atoms with Crippen LogP contribution in [0.5, 0.6) is 0 Å². The lowest BCUT2D eigenvalue weighted by atomic mass is 9.80. The summed E-state index contributed by atoms with van der Waals surface area (Å²) in [6, 6.07) is 6.98. The molecule has 2 aliphatic rings. The molecule has 0 radical (unpaired) electrons. The van der Waals surface area contributed by atoms with E-state index in [9.17, 15) is 10.4 Å². The summed E-state index contributed by atoms with van der Waals surface area (Å²) in [4.78, 5) is 0. The molecule has 6 nitrogen and oxygen atoms in total. The van der Waals surface area contributed by atoms with Gasteiger partial charge in [0, 0.05) is 35.4 Å². The average Bonchev–Trinajstić information content (AvgIpc) is 2.81. The fourth-order valence-corrected chi connectivity index (χ4v) is 7.04. The first kappa shape index (κ1) is 31.5. The van der Waals surface area contributed by atoms with Gasteiger partial charge in [0.05, 0.1) is 12.2 Å². The van der Waals surface area contributed by atoms with Gasteiger partial charge in [0.1, 0.15) is 0 Å². The van der Waals surface area contributed by atoms with Crippen molar-refractivity contribution < 1.29 is 19.9 Å². The van der Waals surface area contributed by atoms with Crippen molar-refractivity contribution in [3.05, 3.63) is 34.9 Å². The van der Waals surface area contributed by atoms with E-state index in [1.54, 1.807) is 0 Å². The first-order valence-corrected chi connectivity index (χ1v) is 14.9. The van der Waals surface area contributed by atoms with Crippen molar-refractivity contribution in [2.24, 2.45) is 0 Å². The van der Waals surface area contributed by atoms with Gasteiger partial charge in [-0.25, -0.2) is 0 Å². The van der Waals surface area contributed by atoms with E-state index in [1.807, 2.05) is 0 Å². The summed E-state index contributed by atoms with van der Waals surface area (Å²) in [6.45, 7) is 20.5. The molecule has 2 heterocycles. The zero-order chi connectivity index (χ0) is 28.4. The molecule has 0 aliphatic carbocycles. The lowest BCUT2D eigenvalue weighted by molar-refractivity contribution is -0.261. The van der Waals surface area contributed by atoms with Crippen LogP contribution < -0.4 is 0 Å². The van der Waals surface area contributed by atoms with E-state index in [4.69, 9.17) is 9.47 Å². The highest BCUT2D eigenvalue weighted by molar-refractivity contribution is 5.32. The molecular formula is C32H56N2O4. The Balaban J connectivity index is 1.42. The smallest absolute Gasteiger partial charge is 0.0611 e.